The molecule has 6 heteroatoms. The molecule has 25 heavy (non-hydrogen) atoms. The lowest BCUT2D eigenvalue weighted by Crippen LogP contribution is -2.34. The largest absolute Gasteiger partial charge is 0.493 e. The van der Waals surface area contributed by atoms with E-state index in [1.54, 1.807) is 32.4 Å². The smallest absolute Gasteiger partial charge is 0.234 e. The lowest BCUT2D eigenvalue weighted by atomic mass is 10.2. The van der Waals surface area contributed by atoms with E-state index in [2.05, 4.69) is 5.32 Å². The van der Waals surface area contributed by atoms with Crippen LogP contribution in [0.1, 0.15) is 11.1 Å². The van der Waals surface area contributed by atoms with Gasteiger partial charge in [0.25, 0.3) is 0 Å². The molecule has 1 amide bonds. The average Bonchev–Trinajstić information content (AvgIpc) is 2.61. The van der Waals surface area contributed by atoms with E-state index in [1.807, 2.05) is 24.1 Å². The summed E-state index contributed by atoms with van der Waals surface area (Å²) >= 11 is 0. The van der Waals surface area contributed by atoms with Gasteiger partial charge in [0.1, 0.15) is 5.82 Å². The van der Waals surface area contributed by atoms with Crippen molar-refractivity contribution in [2.75, 3.05) is 27.8 Å². The molecule has 0 aliphatic rings. The standard InChI is InChI=1S/C19H23FN2O3/c1-22(12-14-4-7-16(20)8-5-14)13-19(23)21-11-15-6-9-17(24-2)18(10-15)25-3/h4-10H,11-13H2,1-3H3,(H,21,23). The average molecular weight is 346 g/mol. The summed E-state index contributed by atoms with van der Waals surface area (Å²) in [4.78, 5) is 14.0. The Hall–Kier alpha value is -2.60. The number of methoxy groups -OCH3 is 2. The number of ether oxygens (including phenoxy) is 2. The zero-order chi connectivity index (χ0) is 18.2. The molecule has 0 aliphatic carbocycles. The summed E-state index contributed by atoms with van der Waals surface area (Å²) in [6.45, 7) is 1.23. The Morgan fingerprint density at radius 3 is 2.32 bits per heavy atom. The van der Waals surface area contributed by atoms with Crippen LogP contribution in [-0.2, 0) is 17.9 Å². The van der Waals surface area contributed by atoms with Crippen molar-refractivity contribution in [2.24, 2.45) is 0 Å². The van der Waals surface area contributed by atoms with Gasteiger partial charge in [0, 0.05) is 13.1 Å². The first-order chi connectivity index (χ1) is 12.0. The van der Waals surface area contributed by atoms with Gasteiger partial charge in [0.05, 0.1) is 20.8 Å². The number of halogens is 1. The Morgan fingerprint density at radius 1 is 1.04 bits per heavy atom. The van der Waals surface area contributed by atoms with E-state index in [0.717, 1.165) is 11.1 Å². The summed E-state index contributed by atoms with van der Waals surface area (Å²) in [5.74, 6) is 0.928. The van der Waals surface area contributed by atoms with Gasteiger partial charge in [-0.3, -0.25) is 9.69 Å². The van der Waals surface area contributed by atoms with Gasteiger partial charge in [-0.1, -0.05) is 18.2 Å². The van der Waals surface area contributed by atoms with Crippen molar-refractivity contribution in [3.05, 3.63) is 59.4 Å². The molecule has 0 heterocycles. The maximum Gasteiger partial charge on any atom is 0.234 e. The summed E-state index contributed by atoms with van der Waals surface area (Å²) in [5.41, 5.74) is 1.88. The van der Waals surface area contributed by atoms with Crippen molar-refractivity contribution in [3.8, 4) is 11.5 Å². The van der Waals surface area contributed by atoms with Crippen LogP contribution in [-0.4, -0.2) is 38.6 Å². The van der Waals surface area contributed by atoms with Gasteiger partial charge in [-0.2, -0.15) is 0 Å². The number of rotatable bonds is 8. The fourth-order valence-electron chi connectivity index (χ4n) is 2.45. The number of nitrogens with zero attached hydrogens (tertiary/aromatic N) is 1. The van der Waals surface area contributed by atoms with Crippen LogP contribution < -0.4 is 14.8 Å². The van der Waals surface area contributed by atoms with Gasteiger partial charge >= 0.3 is 0 Å². The van der Waals surface area contributed by atoms with Gasteiger partial charge < -0.3 is 14.8 Å². The van der Waals surface area contributed by atoms with Crippen molar-refractivity contribution in [3.63, 3.8) is 0 Å². The predicted octanol–water partition coefficient (Wildman–Crippen LogP) is 2.59. The van der Waals surface area contributed by atoms with Crippen molar-refractivity contribution in [1.29, 1.82) is 0 Å². The lowest BCUT2D eigenvalue weighted by molar-refractivity contribution is -0.122. The fraction of sp³-hybridized carbons (Fsp3) is 0.316. The predicted molar refractivity (Wildman–Crippen MR) is 94.1 cm³/mol. The normalized spacial score (nSPS) is 10.6. The molecule has 0 unspecified atom stereocenters. The highest BCUT2D eigenvalue weighted by Gasteiger charge is 2.09. The van der Waals surface area contributed by atoms with Crippen LogP contribution in [0.15, 0.2) is 42.5 Å². The maximum atomic E-state index is 12.9. The van der Waals surface area contributed by atoms with Crippen LogP contribution >= 0.6 is 0 Å². The quantitative estimate of drug-likeness (QED) is 0.798. The molecule has 2 rings (SSSR count). The number of carbonyl (C=O) groups is 1. The zero-order valence-electron chi connectivity index (χ0n) is 14.7. The molecule has 134 valence electrons. The third kappa shape index (κ3) is 5.76. The molecule has 2 aromatic rings. The number of hydrogen-bond donors (Lipinski definition) is 1. The first-order valence-electron chi connectivity index (χ1n) is 7.92. The first-order valence-corrected chi connectivity index (χ1v) is 7.92. The van der Waals surface area contributed by atoms with Crippen LogP contribution in [0.4, 0.5) is 4.39 Å². The minimum absolute atomic E-state index is 0.0839. The summed E-state index contributed by atoms with van der Waals surface area (Å²) in [6, 6.07) is 11.8. The van der Waals surface area contributed by atoms with Gasteiger partial charge in [0.2, 0.25) is 5.91 Å². The van der Waals surface area contributed by atoms with E-state index in [9.17, 15) is 9.18 Å². The highest BCUT2D eigenvalue weighted by Crippen LogP contribution is 2.27. The molecular weight excluding hydrogens is 323 g/mol. The van der Waals surface area contributed by atoms with E-state index in [1.165, 1.54) is 12.1 Å². The zero-order valence-corrected chi connectivity index (χ0v) is 14.7. The number of likely N-dealkylation sites (N-methyl/N-ethyl adjacent to an activating group) is 1. The molecule has 0 fully saturated rings. The van der Waals surface area contributed by atoms with E-state index in [-0.39, 0.29) is 18.3 Å². The molecule has 0 saturated carbocycles. The summed E-state index contributed by atoms with van der Waals surface area (Å²) in [5, 5.41) is 2.88. The second-order valence-corrected chi connectivity index (χ2v) is 5.76. The Bertz CT molecular complexity index is 704. The highest BCUT2D eigenvalue weighted by molar-refractivity contribution is 5.78. The Labute approximate surface area is 147 Å². The summed E-state index contributed by atoms with van der Waals surface area (Å²) < 4.78 is 23.3. The summed E-state index contributed by atoms with van der Waals surface area (Å²) in [7, 11) is 5.00. The molecule has 2 aromatic carbocycles. The highest BCUT2D eigenvalue weighted by atomic mass is 19.1. The summed E-state index contributed by atoms with van der Waals surface area (Å²) in [6.07, 6.45) is 0. The molecule has 5 nitrogen and oxygen atoms in total. The molecule has 0 bridgehead atoms. The topological polar surface area (TPSA) is 50.8 Å². The molecule has 0 radical (unpaired) electrons. The van der Waals surface area contributed by atoms with Gasteiger partial charge in [-0.25, -0.2) is 4.39 Å². The Kier molecular flexibility index (Phi) is 6.77. The van der Waals surface area contributed by atoms with E-state index >= 15 is 0 Å². The van der Waals surface area contributed by atoms with Crippen LogP contribution in [0.3, 0.4) is 0 Å². The van der Waals surface area contributed by atoms with Crippen LogP contribution in [0, 0.1) is 5.82 Å². The maximum absolute atomic E-state index is 12.9. The van der Waals surface area contributed by atoms with E-state index in [4.69, 9.17) is 9.47 Å². The van der Waals surface area contributed by atoms with Crippen molar-refractivity contribution >= 4 is 5.91 Å². The Morgan fingerprint density at radius 2 is 1.68 bits per heavy atom. The van der Waals surface area contributed by atoms with E-state index in [0.29, 0.717) is 24.6 Å². The molecule has 0 saturated heterocycles. The second kappa shape index (κ2) is 9.03. The minimum atomic E-state index is -0.265. The van der Waals surface area contributed by atoms with Crippen molar-refractivity contribution in [1.82, 2.24) is 10.2 Å². The molecule has 1 N–H and O–H groups in total. The number of hydrogen-bond acceptors (Lipinski definition) is 4. The second-order valence-electron chi connectivity index (χ2n) is 5.76. The molecule has 0 spiro atoms. The van der Waals surface area contributed by atoms with Crippen LogP contribution in [0.2, 0.25) is 0 Å². The van der Waals surface area contributed by atoms with Gasteiger partial charge in [-0.05, 0) is 42.4 Å². The number of nitrogens with one attached hydrogen (secondary N) is 1. The van der Waals surface area contributed by atoms with Gasteiger partial charge in [-0.15, -0.1) is 0 Å². The van der Waals surface area contributed by atoms with Crippen molar-refractivity contribution < 1.29 is 18.7 Å². The first kappa shape index (κ1) is 18.7. The molecule has 0 aliphatic heterocycles. The lowest BCUT2D eigenvalue weighted by Gasteiger charge is -2.16. The monoisotopic (exact) mass is 346 g/mol. The molecule has 0 aromatic heterocycles. The number of benzene rings is 2. The van der Waals surface area contributed by atoms with Crippen LogP contribution in [0.25, 0.3) is 0 Å². The van der Waals surface area contributed by atoms with Gasteiger partial charge in [0.15, 0.2) is 11.5 Å². The van der Waals surface area contributed by atoms with E-state index < -0.39 is 0 Å². The SMILES string of the molecule is COc1ccc(CNC(=O)CN(C)Cc2ccc(F)cc2)cc1OC. The Balaban J connectivity index is 1.82. The molecular formula is C19H23FN2O3. The molecule has 0 atom stereocenters. The number of carbonyl (C=O) groups excluding carboxylic acids is 1. The third-order valence-corrected chi connectivity index (χ3v) is 3.72. The minimum Gasteiger partial charge on any atom is -0.493 e. The third-order valence-electron chi connectivity index (χ3n) is 3.72. The van der Waals surface area contributed by atoms with Crippen LogP contribution in [0.5, 0.6) is 11.5 Å². The fourth-order valence-corrected chi connectivity index (χ4v) is 2.45. The van der Waals surface area contributed by atoms with Crippen molar-refractivity contribution in [2.45, 2.75) is 13.1 Å². The number of amides is 1.